The second-order valence-corrected chi connectivity index (χ2v) is 4.87. The molecule has 0 radical (unpaired) electrons. The van der Waals surface area contributed by atoms with Crippen molar-refractivity contribution < 1.29 is 14.7 Å². The molecular formula is C14H18N2O3. The fraction of sp³-hybridized carbons (Fsp3) is 0.429. The van der Waals surface area contributed by atoms with Gasteiger partial charge in [0, 0.05) is 17.3 Å². The Kier molecular flexibility index (Phi) is 4.04. The maximum absolute atomic E-state index is 11.0. The Morgan fingerprint density at radius 1 is 1.21 bits per heavy atom. The first-order chi connectivity index (χ1) is 9.08. The normalized spacial score (nSPS) is 15.4. The third kappa shape index (κ3) is 3.24. The lowest BCUT2D eigenvalue weighted by molar-refractivity contribution is -0.135. The minimum Gasteiger partial charge on any atom is -0.480 e. The van der Waals surface area contributed by atoms with E-state index in [0.29, 0.717) is 5.56 Å². The molecule has 1 fully saturated rings. The number of benzene rings is 1. The van der Waals surface area contributed by atoms with Crippen LogP contribution in [0, 0.1) is 0 Å². The molecule has 0 atom stereocenters. The van der Waals surface area contributed by atoms with Crippen LogP contribution in [0.25, 0.3) is 0 Å². The molecule has 2 rings (SSSR count). The lowest BCUT2D eigenvalue weighted by Crippen LogP contribution is -2.37. The first kappa shape index (κ1) is 13.4. The molecule has 5 heteroatoms. The fourth-order valence-corrected chi connectivity index (χ4v) is 2.61. The Morgan fingerprint density at radius 2 is 1.79 bits per heavy atom. The Bertz CT molecular complexity index is 464. The summed E-state index contributed by atoms with van der Waals surface area (Å²) in [7, 11) is 0. The number of aliphatic carboxylic acids is 1. The summed E-state index contributed by atoms with van der Waals surface area (Å²) in [6.45, 7) is -0.0133. The van der Waals surface area contributed by atoms with E-state index in [-0.39, 0.29) is 12.6 Å². The van der Waals surface area contributed by atoms with Gasteiger partial charge in [-0.2, -0.15) is 0 Å². The summed E-state index contributed by atoms with van der Waals surface area (Å²) in [5.41, 5.74) is 6.46. The molecule has 0 aromatic heterocycles. The summed E-state index contributed by atoms with van der Waals surface area (Å²) in [4.78, 5) is 23.9. The second kappa shape index (κ2) is 5.73. The van der Waals surface area contributed by atoms with E-state index in [9.17, 15) is 9.59 Å². The molecule has 0 saturated heterocycles. The third-order valence-corrected chi connectivity index (χ3v) is 3.55. The molecule has 102 valence electrons. The molecule has 0 spiro atoms. The zero-order valence-corrected chi connectivity index (χ0v) is 10.7. The second-order valence-electron chi connectivity index (χ2n) is 4.87. The summed E-state index contributed by atoms with van der Waals surface area (Å²) < 4.78 is 0. The molecule has 1 saturated carbocycles. The molecule has 1 aliphatic carbocycles. The number of hydrogen-bond acceptors (Lipinski definition) is 3. The quantitative estimate of drug-likeness (QED) is 0.844. The standard InChI is InChI=1S/C14H18N2O3/c15-14(19)10-5-7-12(8-6-10)16(9-13(17)18)11-3-1-2-4-11/h5-8,11H,1-4,9H2,(H2,15,19)(H,17,18). The van der Waals surface area contributed by atoms with Crippen LogP contribution < -0.4 is 10.6 Å². The largest absolute Gasteiger partial charge is 0.480 e. The minimum atomic E-state index is -0.842. The summed E-state index contributed by atoms with van der Waals surface area (Å²) in [5.74, 6) is -1.32. The van der Waals surface area contributed by atoms with Gasteiger partial charge in [-0.1, -0.05) is 12.8 Å². The van der Waals surface area contributed by atoms with Gasteiger partial charge < -0.3 is 15.7 Å². The van der Waals surface area contributed by atoms with Crippen molar-refractivity contribution >= 4 is 17.6 Å². The highest BCUT2D eigenvalue weighted by Gasteiger charge is 2.24. The zero-order valence-electron chi connectivity index (χ0n) is 10.7. The Balaban J connectivity index is 2.21. The van der Waals surface area contributed by atoms with Gasteiger partial charge >= 0.3 is 5.97 Å². The zero-order chi connectivity index (χ0) is 13.8. The average molecular weight is 262 g/mol. The van der Waals surface area contributed by atoms with E-state index in [1.54, 1.807) is 24.3 Å². The molecule has 0 bridgehead atoms. The Hall–Kier alpha value is -2.04. The molecular weight excluding hydrogens is 244 g/mol. The van der Waals surface area contributed by atoms with Crippen molar-refractivity contribution in [2.24, 2.45) is 5.73 Å². The van der Waals surface area contributed by atoms with Gasteiger partial charge in [-0.05, 0) is 37.1 Å². The molecule has 1 aromatic rings. The van der Waals surface area contributed by atoms with Crippen molar-refractivity contribution in [2.45, 2.75) is 31.7 Å². The number of nitrogens with zero attached hydrogens (tertiary/aromatic N) is 1. The van der Waals surface area contributed by atoms with E-state index in [0.717, 1.165) is 31.4 Å². The maximum Gasteiger partial charge on any atom is 0.323 e. The van der Waals surface area contributed by atoms with Crippen LogP contribution >= 0.6 is 0 Å². The predicted octanol–water partition coefficient (Wildman–Crippen LogP) is 1.62. The molecule has 0 unspecified atom stereocenters. The van der Waals surface area contributed by atoms with Crippen molar-refractivity contribution in [1.29, 1.82) is 0 Å². The number of nitrogens with two attached hydrogens (primary N) is 1. The topological polar surface area (TPSA) is 83.6 Å². The lowest BCUT2D eigenvalue weighted by Gasteiger charge is -2.29. The van der Waals surface area contributed by atoms with Crippen molar-refractivity contribution in [3.05, 3.63) is 29.8 Å². The van der Waals surface area contributed by atoms with Crippen LogP contribution in [0.2, 0.25) is 0 Å². The molecule has 1 aliphatic rings. The number of primary amides is 1. The summed E-state index contributed by atoms with van der Waals surface area (Å²) in [6.07, 6.45) is 4.32. The van der Waals surface area contributed by atoms with Gasteiger partial charge in [0.05, 0.1) is 0 Å². The van der Waals surface area contributed by atoms with Crippen LogP contribution in [0.1, 0.15) is 36.0 Å². The lowest BCUT2D eigenvalue weighted by atomic mass is 10.1. The van der Waals surface area contributed by atoms with E-state index >= 15 is 0 Å². The van der Waals surface area contributed by atoms with Gasteiger partial charge in [-0.15, -0.1) is 0 Å². The van der Waals surface area contributed by atoms with E-state index in [1.807, 2.05) is 4.90 Å². The molecule has 1 amide bonds. The van der Waals surface area contributed by atoms with Crippen molar-refractivity contribution in [3.63, 3.8) is 0 Å². The highest BCUT2D eigenvalue weighted by molar-refractivity contribution is 5.93. The van der Waals surface area contributed by atoms with Crippen molar-refractivity contribution in [2.75, 3.05) is 11.4 Å². The number of amides is 1. The van der Waals surface area contributed by atoms with Crippen molar-refractivity contribution in [3.8, 4) is 0 Å². The van der Waals surface area contributed by atoms with Gasteiger partial charge in [0.2, 0.25) is 5.91 Å². The molecule has 5 nitrogen and oxygen atoms in total. The molecule has 1 aromatic carbocycles. The van der Waals surface area contributed by atoms with E-state index in [4.69, 9.17) is 10.8 Å². The monoisotopic (exact) mass is 262 g/mol. The third-order valence-electron chi connectivity index (χ3n) is 3.55. The van der Waals surface area contributed by atoms with Gasteiger partial charge in [0.25, 0.3) is 0 Å². The number of carbonyl (C=O) groups excluding carboxylic acids is 1. The highest BCUT2D eigenvalue weighted by Crippen LogP contribution is 2.28. The van der Waals surface area contributed by atoms with E-state index in [1.165, 1.54) is 0 Å². The van der Waals surface area contributed by atoms with Crippen LogP contribution in [0.4, 0.5) is 5.69 Å². The van der Waals surface area contributed by atoms with E-state index < -0.39 is 11.9 Å². The minimum absolute atomic E-state index is 0.0133. The van der Waals surface area contributed by atoms with E-state index in [2.05, 4.69) is 0 Å². The van der Waals surface area contributed by atoms with Crippen LogP contribution in [0.3, 0.4) is 0 Å². The Labute approximate surface area is 112 Å². The number of anilines is 1. The summed E-state index contributed by atoms with van der Waals surface area (Å²) in [6, 6.07) is 7.08. The number of carbonyl (C=O) groups is 2. The van der Waals surface area contributed by atoms with Gasteiger partial charge in [-0.25, -0.2) is 0 Å². The van der Waals surface area contributed by atoms with Crippen LogP contribution in [-0.2, 0) is 4.79 Å². The van der Waals surface area contributed by atoms with Gasteiger partial charge in [-0.3, -0.25) is 9.59 Å². The van der Waals surface area contributed by atoms with Gasteiger partial charge in [0.15, 0.2) is 0 Å². The maximum atomic E-state index is 11.0. The fourth-order valence-electron chi connectivity index (χ4n) is 2.61. The average Bonchev–Trinajstić information content (AvgIpc) is 2.89. The van der Waals surface area contributed by atoms with Crippen LogP contribution in [0.15, 0.2) is 24.3 Å². The Morgan fingerprint density at radius 3 is 2.26 bits per heavy atom. The first-order valence-corrected chi connectivity index (χ1v) is 6.46. The number of rotatable bonds is 5. The summed E-state index contributed by atoms with van der Waals surface area (Å²) >= 11 is 0. The van der Waals surface area contributed by atoms with Gasteiger partial charge in [0.1, 0.15) is 6.54 Å². The smallest absolute Gasteiger partial charge is 0.323 e. The molecule has 19 heavy (non-hydrogen) atoms. The summed E-state index contributed by atoms with van der Waals surface area (Å²) in [5, 5.41) is 9.03. The number of carboxylic acids is 1. The van der Waals surface area contributed by atoms with Crippen LogP contribution in [0.5, 0.6) is 0 Å². The van der Waals surface area contributed by atoms with Crippen molar-refractivity contribution in [1.82, 2.24) is 0 Å². The SMILES string of the molecule is NC(=O)c1ccc(N(CC(=O)O)C2CCCC2)cc1. The molecule has 3 N–H and O–H groups in total. The highest BCUT2D eigenvalue weighted by atomic mass is 16.4. The molecule has 0 heterocycles. The number of hydrogen-bond donors (Lipinski definition) is 2. The predicted molar refractivity (Wildman–Crippen MR) is 72.2 cm³/mol. The first-order valence-electron chi connectivity index (χ1n) is 6.46. The molecule has 0 aliphatic heterocycles. The van der Waals surface area contributed by atoms with Crippen LogP contribution in [-0.4, -0.2) is 29.6 Å². The number of carboxylic acid groups (broad SMARTS) is 1.